The number of carbonyl (C=O) groups is 1. The van der Waals surface area contributed by atoms with Gasteiger partial charge in [-0.1, -0.05) is 53.5 Å². The number of nitrogens with zero attached hydrogens (tertiary/aromatic N) is 2. The molecule has 2 heterocycles. The highest BCUT2D eigenvalue weighted by molar-refractivity contribution is 6.30. The Bertz CT molecular complexity index is 1110. The molecule has 1 fully saturated rings. The maximum absolute atomic E-state index is 12.8. The Morgan fingerprint density at radius 3 is 2.64 bits per heavy atom. The molecule has 0 radical (unpaired) electrons. The summed E-state index contributed by atoms with van der Waals surface area (Å²) in [6, 6.07) is 15.6. The zero-order chi connectivity index (χ0) is 23.4. The maximum Gasteiger partial charge on any atom is 0.223 e. The predicted molar refractivity (Wildman–Crippen MR) is 131 cm³/mol. The van der Waals surface area contributed by atoms with Gasteiger partial charge in [0.2, 0.25) is 17.7 Å². The molecular formula is C26H27Cl2N3O2. The third-order valence-corrected chi connectivity index (χ3v) is 6.82. The van der Waals surface area contributed by atoms with Gasteiger partial charge >= 0.3 is 0 Å². The van der Waals surface area contributed by atoms with E-state index in [1.54, 1.807) is 6.92 Å². The lowest BCUT2D eigenvalue weighted by atomic mass is 9.76. The van der Waals surface area contributed by atoms with Crippen molar-refractivity contribution in [3.05, 3.63) is 94.1 Å². The number of amides is 1. The first-order chi connectivity index (χ1) is 15.9. The van der Waals surface area contributed by atoms with Crippen LogP contribution in [0.3, 0.4) is 0 Å². The van der Waals surface area contributed by atoms with Crippen molar-refractivity contribution in [1.82, 2.24) is 15.5 Å². The molecule has 172 valence electrons. The quantitative estimate of drug-likeness (QED) is 0.373. The molecule has 4 rings (SSSR count). The molecule has 1 N–H and O–H groups in total. The fraction of sp³-hybridized carbons (Fsp3) is 0.346. The Morgan fingerprint density at radius 2 is 1.97 bits per heavy atom. The van der Waals surface area contributed by atoms with Crippen LogP contribution in [0.25, 0.3) is 0 Å². The molecule has 2 aromatic carbocycles. The average Bonchev–Trinajstić information content (AvgIpc) is 3.22. The summed E-state index contributed by atoms with van der Waals surface area (Å²) >= 11 is 12.4. The van der Waals surface area contributed by atoms with Gasteiger partial charge in [-0.05, 0) is 61.1 Å². The highest BCUT2D eigenvalue weighted by atomic mass is 35.5. The Balaban J connectivity index is 1.60. The van der Waals surface area contributed by atoms with E-state index in [0.29, 0.717) is 28.2 Å². The Hall–Kier alpha value is -2.63. The summed E-state index contributed by atoms with van der Waals surface area (Å²) in [6.45, 7) is 5.60. The fourth-order valence-corrected chi connectivity index (χ4v) is 5.01. The van der Waals surface area contributed by atoms with E-state index in [0.717, 1.165) is 30.4 Å². The van der Waals surface area contributed by atoms with Crippen molar-refractivity contribution in [2.45, 2.75) is 50.5 Å². The zero-order valence-electron chi connectivity index (χ0n) is 18.5. The van der Waals surface area contributed by atoms with E-state index >= 15 is 0 Å². The van der Waals surface area contributed by atoms with Crippen LogP contribution in [0, 0.1) is 12.8 Å². The van der Waals surface area contributed by atoms with Gasteiger partial charge in [0.15, 0.2) is 0 Å². The second kappa shape index (κ2) is 10.5. The van der Waals surface area contributed by atoms with Crippen LogP contribution in [0.1, 0.15) is 60.4 Å². The lowest BCUT2D eigenvalue weighted by molar-refractivity contribution is -0.128. The number of allylic oxidation sites excluding steroid dienone is 1. The monoisotopic (exact) mass is 483 g/mol. The van der Waals surface area contributed by atoms with Crippen molar-refractivity contribution in [2.75, 3.05) is 0 Å². The van der Waals surface area contributed by atoms with Crippen LogP contribution in [0.15, 0.2) is 65.6 Å². The number of halogens is 2. The number of carbonyl (C=O) groups excluding carboxylic acids is 1. The molecule has 4 atom stereocenters. The molecule has 1 saturated heterocycles. The van der Waals surface area contributed by atoms with E-state index in [-0.39, 0.29) is 29.7 Å². The van der Waals surface area contributed by atoms with Gasteiger partial charge in [0, 0.05) is 34.8 Å². The normalized spacial score (nSPS) is 21.4. The Labute approximate surface area is 204 Å². The number of piperidine rings is 1. The van der Waals surface area contributed by atoms with Crippen molar-refractivity contribution >= 4 is 29.1 Å². The molecule has 0 aliphatic carbocycles. The van der Waals surface area contributed by atoms with Crippen molar-refractivity contribution in [3.8, 4) is 0 Å². The van der Waals surface area contributed by atoms with E-state index in [1.807, 2.05) is 48.5 Å². The first-order valence-electron chi connectivity index (χ1n) is 11.2. The maximum atomic E-state index is 12.8. The molecule has 1 aromatic heterocycles. The van der Waals surface area contributed by atoms with Gasteiger partial charge in [-0.15, -0.1) is 16.8 Å². The van der Waals surface area contributed by atoms with Crippen LogP contribution in [-0.2, 0) is 4.79 Å². The SMILES string of the molecule is C=CC[C@H]1C[C@H](c2cccc(Cl)c2)[C@H](CC[C@@H](c2ccc(Cl)cc2)c2nnc(C)o2)NC1=O. The highest BCUT2D eigenvalue weighted by Gasteiger charge is 2.36. The number of rotatable bonds is 8. The first kappa shape index (κ1) is 23.5. The largest absolute Gasteiger partial charge is 0.425 e. The van der Waals surface area contributed by atoms with E-state index in [2.05, 4.69) is 28.2 Å². The zero-order valence-corrected chi connectivity index (χ0v) is 20.0. The Morgan fingerprint density at radius 1 is 1.18 bits per heavy atom. The third kappa shape index (κ3) is 5.66. The van der Waals surface area contributed by atoms with Crippen LogP contribution >= 0.6 is 23.2 Å². The summed E-state index contributed by atoms with van der Waals surface area (Å²) in [4.78, 5) is 12.8. The van der Waals surface area contributed by atoms with Crippen molar-refractivity contribution in [2.24, 2.45) is 5.92 Å². The molecule has 1 aliphatic heterocycles. The molecule has 1 amide bonds. The van der Waals surface area contributed by atoms with Crippen LogP contribution in [0.4, 0.5) is 0 Å². The highest BCUT2D eigenvalue weighted by Crippen LogP contribution is 2.38. The molecule has 0 unspecified atom stereocenters. The fourth-order valence-electron chi connectivity index (χ4n) is 4.69. The minimum Gasteiger partial charge on any atom is -0.425 e. The van der Waals surface area contributed by atoms with Crippen molar-refractivity contribution in [1.29, 1.82) is 0 Å². The second-order valence-electron chi connectivity index (χ2n) is 8.57. The van der Waals surface area contributed by atoms with E-state index < -0.39 is 0 Å². The molecule has 0 spiro atoms. The first-order valence-corrected chi connectivity index (χ1v) is 11.9. The van der Waals surface area contributed by atoms with Gasteiger partial charge in [-0.3, -0.25) is 4.79 Å². The number of nitrogens with one attached hydrogen (secondary N) is 1. The van der Waals surface area contributed by atoms with Crippen molar-refractivity contribution in [3.63, 3.8) is 0 Å². The number of aromatic nitrogens is 2. The molecule has 0 saturated carbocycles. The van der Waals surface area contributed by atoms with Gasteiger partial charge in [-0.25, -0.2) is 0 Å². The van der Waals surface area contributed by atoms with Crippen molar-refractivity contribution < 1.29 is 9.21 Å². The molecular weight excluding hydrogens is 457 g/mol. The summed E-state index contributed by atoms with van der Waals surface area (Å²) in [5, 5.41) is 13.0. The molecule has 5 nitrogen and oxygen atoms in total. The minimum absolute atomic E-state index is 0.0316. The predicted octanol–water partition coefficient (Wildman–Crippen LogP) is 6.46. The van der Waals surface area contributed by atoms with Gasteiger partial charge in [0.25, 0.3) is 0 Å². The van der Waals surface area contributed by atoms with E-state index in [1.165, 1.54) is 0 Å². The van der Waals surface area contributed by atoms with E-state index in [4.69, 9.17) is 27.6 Å². The molecule has 1 aliphatic rings. The van der Waals surface area contributed by atoms with Crippen LogP contribution in [-0.4, -0.2) is 22.1 Å². The summed E-state index contributed by atoms with van der Waals surface area (Å²) in [6.07, 6.45) is 4.71. The van der Waals surface area contributed by atoms with Gasteiger partial charge in [-0.2, -0.15) is 0 Å². The topological polar surface area (TPSA) is 68.0 Å². The van der Waals surface area contributed by atoms with Gasteiger partial charge in [0.1, 0.15) is 0 Å². The van der Waals surface area contributed by atoms with Crippen LogP contribution in [0.2, 0.25) is 10.0 Å². The number of benzene rings is 2. The summed E-state index contributed by atoms with van der Waals surface area (Å²) in [5.41, 5.74) is 2.19. The third-order valence-electron chi connectivity index (χ3n) is 6.33. The minimum atomic E-state index is -0.0914. The van der Waals surface area contributed by atoms with Gasteiger partial charge < -0.3 is 9.73 Å². The standard InChI is InChI=1S/C26H27Cl2N3O2/c1-3-5-19-15-23(18-6-4-7-21(28)14-18)24(29-25(19)32)13-12-22(26-31-30-16(2)33-26)17-8-10-20(27)11-9-17/h3-4,6-11,14,19,22-24H,1,5,12-13,15H2,2H3,(H,29,32)/t19-,22-,23+,24-/m0/s1. The number of aryl methyl sites for hydroxylation is 1. The molecule has 3 aromatic rings. The number of hydrogen-bond donors (Lipinski definition) is 1. The second-order valence-corrected chi connectivity index (χ2v) is 9.45. The average molecular weight is 484 g/mol. The molecule has 7 heteroatoms. The molecule has 33 heavy (non-hydrogen) atoms. The Kier molecular flexibility index (Phi) is 7.51. The summed E-state index contributed by atoms with van der Waals surface area (Å²) in [7, 11) is 0. The lowest BCUT2D eigenvalue weighted by Crippen LogP contribution is -2.48. The summed E-state index contributed by atoms with van der Waals surface area (Å²) < 4.78 is 5.80. The van der Waals surface area contributed by atoms with Crippen LogP contribution in [0.5, 0.6) is 0 Å². The number of hydrogen-bond acceptors (Lipinski definition) is 4. The summed E-state index contributed by atoms with van der Waals surface area (Å²) in [5.74, 6) is 1.15. The smallest absolute Gasteiger partial charge is 0.223 e. The van der Waals surface area contributed by atoms with E-state index in [9.17, 15) is 4.79 Å². The lowest BCUT2D eigenvalue weighted by Gasteiger charge is -2.37. The van der Waals surface area contributed by atoms with Gasteiger partial charge in [0.05, 0.1) is 5.92 Å². The molecule has 0 bridgehead atoms. The van der Waals surface area contributed by atoms with Crippen LogP contribution < -0.4 is 5.32 Å².